The van der Waals surface area contributed by atoms with E-state index in [1.54, 1.807) is 42.5 Å². The van der Waals surface area contributed by atoms with Gasteiger partial charge in [-0.2, -0.15) is 5.10 Å². The minimum Gasteiger partial charge on any atom is -0.307 e. The molecule has 0 bridgehead atoms. The smallest absolute Gasteiger partial charge is 0.307 e. The second kappa shape index (κ2) is 7.31. The van der Waals surface area contributed by atoms with Gasteiger partial charge in [-0.15, -0.1) is 0 Å². The molecule has 2 rings (SSSR count). The summed E-state index contributed by atoms with van der Waals surface area (Å²) in [6, 6.07) is 11.3. The molecule has 108 valence electrons. The maximum atomic E-state index is 11.6. The number of hydrazone groups is 1. The van der Waals surface area contributed by atoms with Gasteiger partial charge in [0, 0.05) is 10.7 Å². The van der Waals surface area contributed by atoms with Crippen molar-refractivity contribution in [2.75, 3.05) is 5.32 Å². The molecule has 0 fully saturated rings. The van der Waals surface area contributed by atoms with Crippen LogP contribution >= 0.6 is 34.8 Å². The highest BCUT2D eigenvalue weighted by atomic mass is 35.5. The van der Waals surface area contributed by atoms with Gasteiger partial charge in [0.1, 0.15) is 0 Å². The topological polar surface area (TPSA) is 53.5 Å². The fourth-order valence-electron chi connectivity index (χ4n) is 1.45. The van der Waals surface area contributed by atoms with Gasteiger partial charge in [0.25, 0.3) is 0 Å². The zero-order valence-corrected chi connectivity index (χ0v) is 12.9. The summed E-state index contributed by atoms with van der Waals surface area (Å²) in [5.41, 5.74) is 3.67. The number of benzene rings is 2. The summed E-state index contributed by atoms with van der Waals surface area (Å²) in [6.07, 6.45) is 1.46. The predicted octanol–water partition coefficient (Wildman–Crippen LogP) is 4.80. The number of hydrogen-bond donors (Lipinski definition) is 2. The summed E-state index contributed by atoms with van der Waals surface area (Å²) in [7, 11) is 0. The number of amides is 2. The summed E-state index contributed by atoms with van der Waals surface area (Å²) in [6.45, 7) is 0. The number of hydrogen-bond acceptors (Lipinski definition) is 2. The van der Waals surface area contributed by atoms with Gasteiger partial charge in [-0.1, -0.05) is 40.9 Å². The summed E-state index contributed by atoms with van der Waals surface area (Å²) in [5.74, 6) is 0. The molecule has 0 atom stereocenters. The van der Waals surface area contributed by atoms with Crippen LogP contribution < -0.4 is 10.7 Å². The predicted molar refractivity (Wildman–Crippen MR) is 87.7 cm³/mol. The highest BCUT2D eigenvalue weighted by molar-refractivity contribution is 6.42. The van der Waals surface area contributed by atoms with Crippen LogP contribution in [0.1, 0.15) is 5.56 Å². The van der Waals surface area contributed by atoms with E-state index in [9.17, 15) is 4.79 Å². The van der Waals surface area contributed by atoms with Crippen LogP contribution in [0.3, 0.4) is 0 Å². The average molecular weight is 343 g/mol. The first-order valence-corrected chi connectivity index (χ1v) is 6.98. The van der Waals surface area contributed by atoms with Gasteiger partial charge in [0.2, 0.25) is 0 Å². The Morgan fingerprint density at radius 1 is 1.00 bits per heavy atom. The van der Waals surface area contributed by atoms with Crippen LogP contribution in [0.5, 0.6) is 0 Å². The van der Waals surface area contributed by atoms with Gasteiger partial charge in [0.05, 0.1) is 16.3 Å². The molecule has 0 radical (unpaired) electrons. The van der Waals surface area contributed by atoms with Crippen LogP contribution in [-0.4, -0.2) is 12.2 Å². The third kappa shape index (κ3) is 4.93. The summed E-state index contributed by atoms with van der Waals surface area (Å²) in [4.78, 5) is 11.6. The van der Waals surface area contributed by atoms with E-state index in [1.165, 1.54) is 6.21 Å². The maximum absolute atomic E-state index is 11.6. The Morgan fingerprint density at radius 3 is 2.38 bits per heavy atom. The Bertz CT molecular complexity index is 672. The van der Waals surface area contributed by atoms with Crippen molar-refractivity contribution in [1.29, 1.82) is 0 Å². The SMILES string of the molecule is O=C(N/N=C\c1ccc(Cl)c(Cl)c1)Nc1ccc(Cl)cc1. The Hall–Kier alpha value is -1.75. The molecule has 7 heteroatoms. The third-order valence-electron chi connectivity index (χ3n) is 2.43. The number of nitrogens with zero attached hydrogens (tertiary/aromatic N) is 1. The van der Waals surface area contributed by atoms with Gasteiger partial charge in [-0.3, -0.25) is 0 Å². The van der Waals surface area contributed by atoms with Crippen LogP contribution in [0, 0.1) is 0 Å². The minimum atomic E-state index is -0.464. The quantitative estimate of drug-likeness (QED) is 0.611. The number of carbonyl (C=O) groups is 1. The normalized spacial score (nSPS) is 10.6. The largest absolute Gasteiger partial charge is 0.339 e. The van der Waals surface area contributed by atoms with Crippen molar-refractivity contribution >= 4 is 52.7 Å². The van der Waals surface area contributed by atoms with Crippen LogP contribution in [-0.2, 0) is 0 Å². The van der Waals surface area contributed by atoms with Crippen molar-refractivity contribution < 1.29 is 4.79 Å². The van der Waals surface area contributed by atoms with Gasteiger partial charge in [-0.25, -0.2) is 10.2 Å². The fourth-order valence-corrected chi connectivity index (χ4v) is 1.88. The molecule has 0 saturated heterocycles. The Labute approximate surface area is 136 Å². The number of urea groups is 1. The van der Waals surface area contributed by atoms with E-state index in [2.05, 4.69) is 15.8 Å². The molecule has 0 aliphatic rings. The molecule has 2 aromatic carbocycles. The molecule has 2 aromatic rings. The lowest BCUT2D eigenvalue weighted by atomic mass is 10.2. The van der Waals surface area contributed by atoms with Crippen molar-refractivity contribution in [3.05, 3.63) is 63.1 Å². The summed E-state index contributed by atoms with van der Waals surface area (Å²) in [5, 5.41) is 7.90. The highest BCUT2D eigenvalue weighted by Crippen LogP contribution is 2.21. The lowest BCUT2D eigenvalue weighted by Crippen LogP contribution is -2.24. The molecule has 0 spiro atoms. The second-order valence-corrected chi connectivity index (χ2v) is 5.26. The Morgan fingerprint density at radius 2 is 1.71 bits per heavy atom. The Kier molecular flexibility index (Phi) is 5.44. The van der Waals surface area contributed by atoms with Crippen molar-refractivity contribution in [2.24, 2.45) is 5.10 Å². The standard InChI is InChI=1S/C14H10Cl3N3O/c15-10-2-4-11(5-3-10)19-14(21)20-18-8-9-1-6-12(16)13(17)7-9/h1-8H,(H2,19,20,21)/b18-8-. The molecule has 0 saturated carbocycles. The molecular formula is C14H10Cl3N3O. The van der Waals surface area contributed by atoms with E-state index >= 15 is 0 Å². The van der Waals surface area contributed by atoms with E-state index in [0.29, 0.717) is 20.8 Å². The van der Waals surface area contributed by atoms with Gasteiger partial charge in [-0.05, 0) is 42.0 Å². The van der Waals surface area contributed by atoms with Gasteiger partial charge < -0.3 is 5.32 Å². The van der Waals surface area contributed by atoms with Crippen LogP contribution in [0.25, 0.3) is 0 Å². The monoisotopic (exact) mass is 341 g/mol. The molecule has 0 aromatic heterocycles. The van der Waals surface area contributed by atoms with Crippen molar-refractivity contribution in [2.45, 2.75) is 0 Å². The lowest BCUT2D eigenvalue weighted by Gasteiger charge is -2.03. The number of anilines is 1. The highest BCUT2D eigenvalue weighted by Gasteiger charge is 2.00. The summed E-state index contributed by atoms with van der Waals surface area (Å²) >= 11 is 17.4. The zero-order chi connectivity index (χ0) is 15.2. The van der Waals surface area contributed by atoms with Crippen molar-refractivity contribution in [3.8, 4) is 0 Å². The van der Waals surface area contributed by atoms with Crippen LogP contribution in [0.4, 0.5) is 10.5 Å². The lowest BCUT2D eigenvalue weighted by molar-refractivity contribution is 0.252. The van der Waals surface area contributed by atoms with E-state index in [1.807, 2.05) is 0 Å². The molecule has 2 N–H and O–H groups in total. The fraction of sp³-hybridized carbons (Fsp3) is 0. The molecular weight excluding hydrogens is 333 g/mol. The molecule has 0 aliphatic carbocycles. The van der Waals surface area contributed by atoms with E-state index in [4.69, 9.17) is 34.8 Å². The first kappa shape index (κ1) is 15.6. The molecule has 4 nitrogen and oxygen atoms in total. The third-order valence-corrected chi connectivity index (χ3v) is 3.42. The van der Waals surface area contributed by atoms with Crippen molar-refractivity contribution in [1.82, 2.24) is 5.43 Å². The van der Waals surface area contributed by atoms with Crippen LogP contribution in [0.15, 0.2) is 47.6 Å². The molecule has 0 heterocycles. The number of halogens is 3. The minimum absolute atomic E-state index is 0.422. The number of rotatable bonds is 3. The molecule has 21 heavy (non-hydrogen) atoms. The molecule has 0 unspecified atom stereocenters. The van der Waals surface area contributed by atoms with E-state index < -0.39 is 6.03 Å². The average Bonchev–Trinajstić information content (AvgIpc) is 2.45. The first-order chi connectivity index (χ1) is 10.0. The second-order valence-electron chi connectivity index (χ2n) is 4.00. The first-order valence-electron chi connectivity index (χ1n) is 5.85. The van der Waals surface area contributed by atoms with Gasteiger partial charge in [0.15, 0.2) is 0 Å². The van der Waals surface area contributed by atoms with Gasteiger partial charge >= 0.3 is 6.03 Å². The van der Waals surface area contributed by atoms with E-state index in [0.717, 1.165) is 5.56 Å². The molecule has 2 amide bonds. The Balaban J connectivity index is 1.89. The molecule has 0 aliphatic heterocycles. The van der Waals surface area contributed by atoms with Crippen molar-refractivity contribution in [3.63, 3.8) is 0 Å². The van der Waals surface area contributed by atoms with Crippen LogP contribution in [0.2, 0.25) is 15.1 Å². The maximum Gasteiger partial charge on any atom is 0.339 e. The number of nitrogens with one attached hydrogen (secondary N) is 2. The zero-order valence-electron chi connectivity index (χ0n) is 10.6. The van der Waals surface area contributed by atoms with E-state index in [-0.39, 0.29) is 0 Å². The number of carbonyl (C=O) groups excluding carboxylic acids is 1. The summed E-state index contributed by atoms with van der Waals surface area (Å²) < 4.78 is 0.